The molecule has 8 heteroatoms. The van der Waals surface area contributed by atoms with Gasteiger partial charge in [0.05, 0.1) is 30.5 Å². The van der Waals surface area contributed by atoms with Crippen LogP contribution in [0.3, 0.4) is 0 Å². The van der Waals surface area contributed by atoms with E-state index in [0.717, 1.165) is 23.2 Å². The minimum absolute atomic E-state index is 0.0618. The van der Waals surface area contributed by atoms with E-state index in [4.69, 9.17) is 14.2 Å². The highest BCUT2D eigenvalue weighted by Gasteiger charge is 2.37. The molecule has 234 valence electrons. The van der Waals surface area contributed by atoms with Gasteiger partial charge in [0.1, 0.15) is 19.0 Å². The maximum absolute atomic E-state index is 13.6. The monoisotopic (exact) mass is 615 g/mol. The van der Waals surface area contributed by atoms with Crippen LogP contribution in [-0.4, -0.2) is 41.8 Å². The highest BCUT2D eigenvalue weighted by atomic mass is 16.5. The molecule has 0 amide bonds. The lowest BCUT2D eigenvalue weighted by Gasteiger charge is -2.30. The highest BCUT2D eigenvalue weighted by Crippen LogP contribution is 2.40. The average Bonchev–Trinajstić information content (AvgIpc) is 3.59. The van der Waals surface area contributed by atoms with Crippen molar-refractivity contribution in [2.75, 3.05) is 20.3 Å². The lowest BCUT2D eigenvalue weighted by molar-refractivity contribution is -0.138. The molecule has 0 bridgehead atoms. The molecule has 5 rings (SSSR count). The summed E-state index contributed by atoms with van der Waals surface area (Å²) < 4.78 is 18.9. The van der Waals surface area contributed by atoms with Gasteiger partial charge >= 0.3 is 11.9 Å². The highest BCUT2D eigenvalue weighted by molar-refractivity contribution is 6.00. The van der Waals surface area contributed by atoms with Gasteiger partial charge < -0.3 is 24.1 Å². The fourth-order valence-corrected chi connectivity index (χ4v) is 5.37. The summed E-state index contributed by atoms with van der Waals surface area (Å²) in [6.07, 6.45) is 13.1. The summed E-state index contributed by atoms with van der Waals surface area (Å²) in [5.41, 5.74) is 5.83. The number of imidazole rings is 1. The summed E-state index contributed by atoms with van der Waals surface area (Å²) in [4.78, 5) is 30.7. The number of dihydropyridines is 1. The molecule has 0 saturated heterocycles. The quantitative estimate of drug-likeness (QED) is 0.178. The van der Waals surface area contributed by atoms with Gasteiger partial charge in [-0.05, 0) is 60.4 Å². The minimum atomic E-state index is -0.711. The SMILES string of the molecule is COC(=O)C1=C(C)NC(C)=C(C(=O)OC/C=C/c2ccc(Cn3ccnc3)cc2)C1c1cccc(OC/C=C/c2ccccc2)c1. The fraction of sp³-hybridized carbons (Fsp3) is 0.184. The molecule has 1 unspecified atom stereocenters. The molecule has 2 heterocycles. The summed E-state index contributed by atoms with van der Waals surface area (Å²) in [5, 5.41) is 3.18. The molecule has 1 aromatic heterocycles. The maximum Gasteiger partial charge on any atom is 0.337 e. The zero-order valence-corrected chi connectivity index (χ0v) is 26.2. The van der Waals surface area contributed by atoms with Crippen molar-refractivity contribution >= 4 is 24.1 Å². The molecular formula is C38H37N3O5. The molecule has 8 nitrogen and oxygen atoms in total. The van der Waals surface area contributed by atoms with Crippen molar-refractivity contribution in [3.63, 3.8) is 0 Å². The molecule has 4 aromatic rings. The predicted molar refractivity (Wildman–Crippen MR) is 178 cm³/mol. The Morgan fingerprint density at radius 1 is 0.848 bits per heavy atom. The number of ether oxygens (including phenoxy) is 3. The van der Waals surface area contributed by atoms with E-state index < -0.39 is 17.9 Å². The topological polar surface area (TPSA) is 91.7 Å². The Bertz CT molecular complexity index is 1770. The van der Waals surface area contributed by atoms with Crippen LogP contribution in [0.25, 0.3) is 12.2 Å². The number of esters is 2. The molecule has 0 radical (unpaired) electrons. The molecular weight excluding hydrogens is 578 g/mol. The third-order valence-electron chi connectivity index (χ3n) is 7.56. The first kappa shape index (κ1) is 31.8. The zero-order chi connectivity index (χ0) is 32.3. The second-order valence-electron chi connectivity index (χ2n) is 10.8. The molecule has 0 saturated carbocycles. The van der Waals surface area contributed by atoms with Gasteiger partial charge in [0, 0.05) is 30.3 Å². The van der Waals surface area contributed by atoms with Gasteiger partial charge in [-0.3, -0.25) is 0 Å². The van der Waals surface area contributed by atoms with Gasteiger partial charge in [-0.2, -0.15) is 0 Å². The van der Waals surface area contributed by atoms with Crippen molar-refractivity contribution < 1.29 is 23.8 Å². The number of methoxy groups -OCH3 is 1. The predicted octanol–water partition coefficient (Wildman–Crippen LogP) is 6.69. The van der Waals surface area contributed by atoms with Crippen LogP contribution in [0.2, 0.25) is 0 Å². The van der Waals surface area contributed by atoms with E-state index in [9.17, 15) is 9.59 Å². The number of rotatable bonds is 12. The van der Waals surface area contributed by atoms with E-state index >= 15 is 0 Å². The molecule has 1 aliphatic heterocycles. The van der Waals surface area contributed by atoms with Crippen molar-refractivity contribution in [3.05, 3.63) is 155 Å². The van der Waals surface area contributed by atoms with Gasteiger partial charge in [-0.1, -0.05) is 78.9 Å². The lowest BCUT2D eigenvalue weighted by Crippen LogP contribution is -2.32. The normalized spacial score (nSPS) is 14.9. The van der Waals surface area contributed by atoms with Crippen molar-refractivity contribution in [1.82, 2.24) is 14.9 Å². The van der Waals surface area contributed by atoms with E-state index in [1.165, 1.54) is 7.11 Å². The van der Waals surface area contributed by atoms with Gasteiger partial charge in [-0.15, -0.1) is 0 Å². The summed E-state index contributed by atoms with van der Waals surface area (Å²) in [6, 6.07) is 25.5. The smallest absolute Gasteiger partial charge is 0.337 e. The van der Waals surface area contributed by atoms with E-state index in [-0.39, 0.29) is 6.61 Å². The molecule has 1 aliphatic rings. The molecule has 3 aromatic carbocycles. The average molecular weight is 616 g/mol. The fourth-order valence-electron chi connectivity index (χ4n) is 5.37. The van der Waals surface area contributed by atoms with Crippen LogP contribution >= 0.6 is 0 Å². The summed E-state index contributed by atoms with van der Waals surface area (Å²) >= 11 is 0. The van der Waals surface area contributed by atoms with Crippen LogP contribution in [-0.2, 0) is 25.6 Å². The Balaban J connectivity index is 1.29. The summed E-state index contributed by atoms with van der Waals surface area (Å²) in [7, 11) is 1.33. The van der Waals surface area contributed by atoms with E-state index in [1.54, 1.807) is 32.4 Å². The largest absolute Gasteiger partial charge is 0.490 e. The van der Waals surface area contributed by atoms with Crippen molar-refractivity contribution in [1.29, 1.82) is 0 Å². The van der Waals surface area contributed by atoms with Gasteiger partial charge in [0.2, 0.25) is 0 Å². The minimum Gasteiger partial charge on any atom is -0.490 e. The third-order valence-corrected chi connectivity index (χ3v) is 7.56. The van der Waals surface area contributed by atoms with Crippen molar-refractivity contribution in [3.8, 4) is 5.75 Å². The van der Waals surface area contributed by atoms with Gasteiger partial charge in [0.15, 0.2) is 0 Å². The van der Waals surface area contributed by atoms with Crippen LogP contribution in [0.4, 0.5) is 0 Å². The number of carbonyl (C=O) groups is 2. The number of carbonyl (C=O) groups excluding carboxylic acids is 2. The second-order valence-corrected chi connectivity index (χ2v) is 10.8. The van der Waals surface area contributed by atoms with E-state index in [2.05, 4.69) is 22.4 Å². The molecule has 46 heavy (non-hydrogen) atoms. The van der Waals surface area contributed by atoms with Crippen molar-refractivity contribution in [2.45, 2.75) is 26.3 Å². The Kier molecular flexibility index (Phi) is 10.6. The number of allylic oxidation sites excluding steroid dienone is 2. The van der Waals surface area contributed by atoms with E-state index in [0.29, 0.717) is 40.5 Å². The standard InChI is InChI=1S/C38H37N3O5/c1-27-34(37(42)44-3)36(32-14-7-15-33(24-32)45-22-8-12-29-10-5-4-6-11-29)35(28(2)40-27)38(43)46-23-9-13-30-16-18-31(19-17-30)25-41-21-20-39-26-41/h4-21,24,26,36,40H,22-23,25H2,1-3H3/b12-8+,13-9+. The maximum atomic E-state index is 13.6. The Morgan fingerprint density at radius 2 is 1.54 bits per heavy atom. The molecule has 0 fully saturated rings. The first-order valence-electron chi connectivity index (χ1n) is 15.0. The second kappa shape index (κ2) is 15.4. The van der Waals surface area contributed by atoms with Crippen LogP contribution in [0.1, 0.15) is 42.0 Å². The van der Waals surface area contributed by atoms with Crippen LogP contribution in [0, 0.1) is 0 Å². The van der Waals surface area contributed by atoms with Crippen molar-refractivity contribution in [2.24, 2.45) is 0 Å². The zero-order valence-electron chi connectivity index (χ0n) is 26.2. The number of hydrogen-bond donors (Lipinski definition) is 1. The summed E-state index contributed by atoms with van der Waals surface area (Å²) in [6.45, 7) is 4.76. The number of benzene rings is 3. The Hall–Kier alpha value is -5.63. The third kappa shape index (κ3) is 8.09. The number of nitrogens with zero attached hydrogens (tertiary/aromatic N) is 2. The number of hydrogen-bond acceptors (Lipinski definition) is 7. The molecule has 0 spiro atoms. The van der Waals surface area contributed by atoms with Crippen LogP contribution in [0.15, 0.2) is 132 Å². The molecule has 0 aliphatic carbocycles. The number of aromatic nitrogens is 2. The van der Waals surface area contributed by atoms with E-state index in [1.807, 2.05) is 95.7 Å². The van der Waals surface area contributed by atoms with Gasteiger partial charge in [0.25, 0.3) is 0 Å². The van der Waals surface area contributed by atoms with Gasteiger partial charge in [-0.25, -0.2) is 14.6 Å². The van der Waals surface area contributed by atoms with Crippen LogP contribution < -0.4 is 10.1 Å². The summed E-state index contributed by atoms with van der Waals surface area (Å²) in [5.74, 6) is -1.15. The van der Waals surface area contributed by atoms with Crippen LogP contribution in [0.5, 0.6) is 5.75 Å². The first-order chi connectivity index (χ1) is 22.4. The first-order valence-corrected chi connectivity index (χ1v) is 15.0. The number of nitrogens with one attached hydrogen (secondary N) is 1. The molecule has 1 N–H and O–H groups in total. The Labute approximate surface area is 269 Å². The Morgan fingerprint density at radius 3 is 2.24 bits per heavy atom. The lowest BCUT2D eigenvalue weighted by atomic mass is 9.80. The molecule has 1 atom stereocenters.